The fourth-order valence-corrected chi connectivity index (χ4v) is 1.40. The van der Waals surface area contributed by atoms with Gasteiger partial charge in [0.25, 0.3) is 0 Å². The normalized spacial score (nSPS) is 10.7. The van der Waals surface area contributed by atoms with Crippen molar-refractivity contribution in [2.45, 2.75) is 13.8 Å². The van der Waals surface area contributed by atoms with Gasteiger partial charge in [0.15, 0.2) is 0 Å². The molecule has 0 amide bonds. The Labute approximate surface area is 91.3 Å². The van der Waals surface area contributed by atoms with Gasteiger partial charge in [-0.05, 0) is 5.92 Å². The van der Waals surface area contributed by atoms with Gasteiger partial charge in [-0.15, -0.1) is 0 Å². The van der Waals surface area contributed by atoms with Gasteiger partial charge in [-0.2, -0.15) is 0 Å². The van der Waals surface area contributed by atoms with Crippen LogP contribution in [0.25, 0.3) is 0 Å². The van der Waals surface area contributed by atoms with Crippen LogP contribution in [0, 0.1) is 5.92 Å². The van der Waals surface area contributed by atoms with E-state index in [1.54, 1.807) is 25.7 Å². The Morgan fingerprint density at radius 1 is 1.40 bits per heavy atom. The van der Waals surface area contributed by atoms with Gasteiger partial charge in [-0.25, -0.2) is 4.98 Å². The highest BCUT2D eigenvalue weighted by molar-refractivity contribution is 5.34. The summed E-state index contributed by atoms with van der Waals surface area (Å²) >= 11 is 0. The van der Waals surface area contributed by atoms with Gasteiger partial charge in [0.2, 0.25) is 0 Å². The number of ether oxygens (including phenoxy) is 1. The van der Waals surface area contributed by atoms with E-state index in [0.29, 0.717) is 12.5 Å². The number of nitrogens with zero attached hydrogens (tertiary/aromatic N) is 3. The van der Waals surface area contributed by atoms with E-state index in [9.17, 15) is 0 Å². The van der Waals surface area contributed by atoms with Crippen LogP contribution in [-0.2, 0) is 4.74 Å². The lowest BCUT2D eigenvalue weighted by atomic mass is 10.2. The molecule has 4 nitrogen and oxygen atoms in total. The maximum atomic E-state index is 5.09. The summed E-state index contributed by atoms with van der Waals surface area (Å²) in [5, 5.41) is 0. The monoisotopic (exact) mass is 209 g/mol. The second-order valence-electron chi connectivity index (χ2n) is 3.90. The Morgan fingerprint density at radius 3 is 2.73 bits per heavy atom. The smallest absolute Gasteiger partial charge is 0.147 e. The molecule has 0 aromatic carbocycles. The first-order chi connectivity index (χ1) is 7.24. The topological polar surface area (TPSA) is 38.2 Å². The molecule has 0 bridgehead atoms. The minimum Gasteiger partial charge on any atom is -0.383 e. The molecule has 1 heterocycles. The minimum atomic E-state index is 0.601. The molecule has 1 rings (SSSR count). The number of hydrogen-bond acceptors (Lipinski definition) is 4. The van der Waals surface area contributed by atoms with Crippen molar-refractivity contribution in [3.8, 4) is 0 Å². The van der Waals surface area contributed by atoms with Crippen molar-refractivity contribution in [1.29, 1.82) is 0 Å². The molecule has 15 heavy (non-hydrogen) atoms. The van der Waals surface area contributed by atoms with E-state index in [0.717, 1.165) is 18.9 Å². The second-order valence-corrected chi connectivity index (χ2v) is 3.90. The molecule has 0 radical (unpaired) electrons. The molecule has 0 unspecified atom stereocenters. The third-order valence-electron chi connectivity index (χ3n) is 2.02. The van der Waals surface area contributed by atoms with Gasteiger partial charge >= 0.3 is 0 Å². The summed E-state index contributed by atoms with van der Waals surface area (Å²) in [5.41, 5.74) is 0. The maximum absolute atomic E-state index is 5.09. The molecule has 0 atom stereocenters. The molecule has 1 aromatic rings. The van der Waals surface area contributed by atoms with Crippen molar-refractivity contribution in [2.75, 3.05) is 31.7 Å². The summed E-state index contributed by atoms with van der Waals surface area (Å²) in [6, 6.07) is 0. The third kappa shape index (κ3) is 4.25. The quantitative estimate of drug-likeness (QED) is 0.713. The molecule has 0 fully saturated rings. The van der Waals surface area contributed by atoms with E-state index in [1.807, 2.05) is 0 Å². The number of rotatable bonds is 6. The summed E-state index contributed by atoms with van der Waals surface area (Å²) in [4.78, 5) is 10.6. The molecule has 0 aliphatic carbocycles. The van der Waals surface area contributed by atoms with Crippen LogP contribution >= 0.6 is 0 Å². The first-order valence-corrected chi connectivity index (χ1v) is 5.24. The van der Waals surface area contributed by atoms with Gasteiger partial charge in [0, 0.05) is 32.6 Å². The second kappa shape index (κ2) is 6.35. The van der Waals surface area contributed by atoms with E-state index in [2.05, 4.69) is 28.7 Å². The Morgan fingerprint density at radius 2 is 2.20 bits per heavy atom. The molecule has 0 spiro atoms. The molecule has 0 saturated carbocycles. The predicted octanol–water partition coefficient (Wildman–Crippen LogP) is 1.59. The molecule has 0 aliphatic heterocycles. The molecular weight excluding hydrogens is 190 g/mol. The molecule has 1 aromatic heterocycles. The minimum absolute atomic E-state index is 0.601. The molecule has 84 valence electrons. The first kappa shape index (κ1) is 11.9. The maximum Gasteiger partial charge on any atom is 0.147 e. The van der Waals surface area contributed by atoms with Crippen molar-refractivity contribution in [3.05, 3.63) is 18.6 Å². The zero-order chi connectivity index (χ0) is 11.1. The van der Waals surface area contributed by atoms with Gasteiger partial charge in [0.1, 0.15) is 5.82 Å². The van der Waals surface area contributed by atoms with Crippen molar-refractivity contribution in [2.24, 2.45) is 5.92 Å². The largest absolute Gasteiger partial charge is 0.383 e. The van der Waals surface area contributed by atoms with E-state index >= 15 is 0 Å². The fourth-order valence-electron chi connectivity index (χ4n) is 1.40. The summed E-state index contributed by atoms with van der Waals surface area (Å²) in [7, 11) is 1.71. The Hall–Kier alpha value is -1.16. The average Bonchev–Trinajstić information content (AvgIpc) is 2.25. The Kier molecular flexibility index (Phi) is 5.04. The van der Waals surface area contributed by atoms with E-state index < -0.39 is 0 Å². The zero-order valence-electron chi connectivity index (χ0n) is 9.68. The lowest BCUT2D eigenvalue weighted by Crippen LogP contribution is -2.31. The number of hydrogen-bond donors (Lipinski definition) is 0. The number of methoxy groups -OCH3 is 1. The SMILES string of the molecule is COCCN(CC(C)C)c1cnccn1. The van der Waals surface area contributed by atoms with E-state index in [1.165, 1.54) is 0 Å². The van der Waals surface area contributed by atoms with Crippen LogP contribution in [0.15, 0.2) is 18.6 Å². The average molecular weight is 209 g/mol. The lowest BCUT2D eigenvalue weighted by Gasteiger charge is -2.24. The lowest BCUT2D eigenvalue weighted by molar-refractivity contribution is 0.204. The molecule has 0 aliphatic rings. The first-order valence-electron chi connectivity index (χ1n) is 5.24. The Balaban J connectivity index is 2.63. The van der Waals surface area contributed by atoms with Crippen LogP contribution in [0.2, 0.25) is 0 Å². The fraction of sp³-hybridized carbons (Fsp3) is 0.636. The highest BCUT2D eigenvalue weighted by Gasteiger charge is 2.09. The summed E-state index contributed by atoms with van der Waals surface area (Å²) in [6.07, 6.45) is 5.20. The summed E-state index contributed by atoms with van der Waals surface area (Å²) in [6.45, 7) is 6.92. The van der Waals surface area contributed by atoms with Gasteiger partial charge in [-0.1, -0.05) is 13.8 Å². The molecular formula is C11H19N3O. The van der Waals surface area contributed by atoms with Gasteiger partial charge in [0.05, 0.1) is 12.8 Å². The van der Waals surface area contributed by atoms with E-state index in [-0.39, 0.29) is 0 Å². The number of anilines is 1. The highest BCUT2D eigenvalue weighted by atomic mass is 16.5. The molecule has 0 N–H and O–H groups in total. The van der Waals surface area contributed by atoms with E-state index in [4.69, 9.17) is 4.74 Å². The third-order valence-corrected chi connectivity index (χ3v) is 2.02. The van der Waals surface area contributed by atoms with Crippen molar-refractivity contribution >= 4 is 5.82 Å². The van der Waals surface area contributed by atoms with Crippen LogP contribution in [0.4, 0.5) is 5.82 Å². The van der Waals surface area contributed by atoms with Crippen LogP contribution < -0.4 is 4.90 Å². The van der Waals surface area contributed by atoms with Crippen LogP contribution in [0.3, 0.4) is 0 Å². The van der Waals surface area contributed by atoms with Crippen LogP contribution in [0.1, 0.15) is 13.8 Å². The van der Waals surface area contributed by atoms with Crippen molar-refractivity contribution < 1.29 is 4.74 Å². The number of aromatic nitrogens is 2. The van der Waals surface area contributed by atoms with Crippen molar-refractivity contribution in [3.63, 3.8) is 0 Å². The zero-order valence-corrected chi connectivity index (χ0v) is 9.68. The van der Waals surface area contributed by atoms with Crippen LogP contribution in [0.5, 0.6) is 0 Å². The highest BCUT2D eigenvalue weighted by Crippen LogP contribution is 2.09. The van der Waals surface area contributed by atoms with Gasteiger partial charge < -0.3 is 9.64 Å². The summed E-state index contributed by atoms with van der Waals surface area (Å²) in [5.74, 6) is 1.52. The Bertz CT molecular complexity index is 264. The standard InChI is InChI=1S/C11H19N3O/c1-10(2)9-14(6-7-15-3)11-8-12-4-5-13-11/h4-5,8,10H,6-7,9H2,1-3H3. The van der Waals surface area contributed by atoms with Crippen molar-refractivity contribution in [1.82, 2.24) is 9.97 Å². The van der Waals surface area contributed by atoms with Crippen LogP contribution in [-0.4, -0.2) is 36.8 Å². The molecule has 0 saturated heterocycles. The summed E-state index contributed by atoms with van der Waals surface area (Å²) < 4.78 is 5.09. The van der Waals surface area contributed by atoms with Gasteiger partial charge in [-0.3, -0.25) is 4.98 Å². The molecule has 4 heteroatoms. The predicted molar refractivity (Wildman–Crippen MR) is 61.0 cm³/mol.